The molecule has 1 aliphatic rings. The van der Waals surface area contributed by atoms with Gasteiger partial charge in [-0.25, -0.2) is 0 Å². The molecule has 5 atom stereocenters. The molecule has 1 aliphatic heterocycles. The van der Waals surface area contributed by atoms with Crippen LogP contribution in [0.15, 0.2) is 88.1 Å². The summed E-state index contributed by atoms with van der Waals surface area (Å²) in [4.78, 5) is 40.2. The Bertz CT molecular complexity index is 2300. The maximum atomic E-state index is 14.1. The lowest BCUT2D eigenvalue weighted by Crippen LogP contribution is -2.61. The van der Waals surface area contributed by atoms with E-state index in [-0.39, 0.29) is 30.4 Å². The number of hydrogen-bond acceptors (Lipinski definition) is 16. The van der Waals surface area contributed by atoms with Gasteiger partial charge in [-0.05, 0) is 80.3 Å². The fourth-order valence-corrected chi connectivity index (χ4v) is 6.40. The van der Waals surface area contributed by atoms with E-state index in [1.807, 2.05) is 26.0 Å². The second kappa shape index (κ2) is 18.8. The van der Waals surface area contributed by atoms with E-state index in [2.05, 4.69) is 0 Å². The summed E-state index contributed by atoms with van der Waals surface area (Å²) in [5.74, 6) is -3.50. The van der Waals surface area contributed by atoms with E-state index in [0.717, 1.165) is 35.4 Å². The number of benzene rings is 4. The third kappa shape index (κ3) is 10.2. The molecular weight excluding hydrogens is 772 g/mol. The lowest BCUT2D eigenvalue weighted by molar-refractivity contribution is -0.283. The molecule has 4 aromatic carbocycles. The van der Waals surface area contributed by atoms with E-state index in [1.165, 1.54) is 6.07 Å². The smallest absolute Gasteiger partial charge is 0.306 e. The van der Waals surface area contributed by atoms with Crippen LogP contribution in [0.25, 0.3) is 22.3 Å². The highest BCUT2D eigenvalue weighted by Crippen LogP contribution is 2.40. The summed E-state index contributed by atoms with van der Waals surface area (Å²) in [6.45, 7) is 4.10. The highest BCUT2D eigenvalue weighted by atomic mass is 16.7. The van der Waals surface area contributed by atoms with Gasteiger partial charge >= 0.3 is 11.9 Å². The molecule has 1 aromatic heterocycles. The molecule has 0 unspecified atom stereocenters. The standard InChI is InChI=1S/C43H44O16/c1-3-53-27-12-5-23(6-13-27)9-17-34(48)55-22-33-37(50)39(52)42(58-35(49)18-10-24-7-14-28(15-8-24)54-4-2)43(57-33)59-41-38(51)36-31(47)20-26(44)21-32(36)56-40(41)25-11-16-29(45)30(46)19-25/h5-8,11-16,19-21,33,37,39,42-47,50,52H,3-4,9-10,17-18,22H2,1-2H3/t33-,37+,39+,42-,43+/m1/s1. The highest BCUT2D eigenvalue weighted by Gasteiger charge is 2.49. The highest BCUT2D eigenvalue weighted by molar-refractivity contribution is 5.88. The first-order valence-electron chi connectivity index (χ1n) is 18.9. The van der Waals surface area contributed by atoms with Gasteiger partial charge < -0.3 is 63.5 Å². The number of hydrogen-bond donors (Lipinski definition) is 6. The second-order valence-corrected chi connectivity index (χ2v) is 13.6. The van der Waals surface area contributed by atoms with Crippen molar-refractivity contribution in [2.24, 2.45) is 0 Å². The Labute approximate surface area is 337 Å². The van der Waals surface area contributed by atoms with Gasteiger partial charge in [0.1, 0.15) is 58.9 Å². The molecule has 0 amide bonds. The van der Waals surface area contributed by atoms with Crippen LogP contribution in [-0.4, -0.2) is 93.1 Å². The molecule has 6 rings (SSSR count). The average molecular weight is 817 g/mol. The molecule has 312 valence electrons. The van der Waals surface area contributed by atoms with E-state index in [9.17, 15) is 45.0 Å². The topological polar surface area (TPSA) is 241 Å². The number of phenols is 4. The molecule has 16 nitrogen and oxygen atoms in total. The third-order valence-corrected chi connectivity index (χ3v) is 9.41. The van der Waals surface area contributed by atoms with Crippen molar-refractivity contribution < 1.29 is 73.1 Å². The van der Waals surface area contributed by atoms with Crippen LogP contribution in [0, 0.1) is 0 Å². The number of carbonyl (C=O) groups excluding carboxylic acids is 2. The first-order chi connectivity index (χ1) is 28.3. The zero-order chi connectivity index (χ0) is 42.2. The minimum atomic E-state index is -1.92. The lowest BCUT2D eigenvalue weighted by atomic mass is 9.98. The van der Waals surface area contributed by atoms with Gasteiger partial charge in [-0.2, -0.15) is 0 Å². The predicted octanol–water partition coefficient (Wildman–Crippen LogP) is 4.63. The summed E-state index contributed by atoms with van der Waals surface area (Å²) in [5.41, 5.74) is 0.256. The minimum absolute atomic E-state index is 0.0320. The van der Waals surface area contributed by atoms with Crippen molar-refractivity contribution >= 4 is 22.9 Å². The van der Waals surface area contributed by atoms with Crippen LogP contribution in [0.3, 0.4) is 0 Å². The summed E-state index contributed by atoms with van der Waals surface area (Å²) in [5, 5.41) is 63.3. The third-order valence-electron chi connectivity index (χ3n) is 9.41. The van der Waals surface area contributed by atoms with E-state index in [0.29, 0.717) is 31.1 Å². The number of rotatable bonds is 16. The Kier molecular flexibility index (Phi) is 13.5. The number of esters is 2. The van der Waals surface area contributed by atoms with Gasteiger partial charge in [0, 0.05) is 30.5 Å². The number of aliphatic hydroxyl groups is 2. The summed E-state index contributed by atoms with van der Waals surface area (Å²) in [7, 11) is 0. The first kappa shape index (κ1) is 42.1. The van der Waals surface area contributed by atoms with Crippen molar-refractivity contribution in [3.63, 3.8) is 0 Å². The van der Waals surface area contributed by atoms with Crippen LogP contribution in [0.4, 0.5) is 0 Å². The van der Waals surface area contributed by atoms with Crippen molar-refractivity contribution in [2.75, 3.05) is 19.8 Å². The molecule has 5 aromatic rings. The number of fused-ring (bicyclic) bond motifs is 1. The maximum absolute atomic E-state index is 14.1. The molecule has 0 saturated carbocycles. The quantitative estimate of drug-likeness (QED) is 0.0588. The van der Waals surface area contributed by atoms with Crippen molar-refractivity contribution in [2.45, 2.75) is 70.2 Å². The van der Waals surface area contributed by atoms with E-state index in [1.54, 1.807) is 36.4 Å². The fraction of sp³-hybridized carbons (Fsp3) is 0.326. The summed E-state index contributed by atoms with van der Waals surface area (Å²) >= 11 is 0. The molecular formula is C43H44O16. The molecule has 0 bridgehead atoms. The Balaban J connectivity index is 1.27. The number of aromatic hydroxyl groups is 4. The van der Waals surface area contributed by atoms with Gasteiger partial charge in [0.15, 0.2) is 23.4 Å². The minimum Gasteiger partial charge on any atom is -0.508 e. The average Bonchev–Trinajstić information content (AvgIpc) is 3.21. The maximum Gasteiger partial charge on any atom is 0.306 e. The molecule has 6 N–H and O–H groups in total. The van der Waals surface area contributed by atoms with Crippen molar-refractivity contribution in [3.05, 3.63) is 100 Å². The Morgan fingerprint density at radius 3 is 1.92 bits per heavy atom. The van der Waals surface area contributed by atoms with Crippen LogP contribution >= 0.6 is 0 Å². The number of aliphatic hydroxyl groups excluding tert-OH is 2. The molecule has 59 heavy (non-hydrogen) atoms. The van der Waals surface area contributed by atoms with Crippen LogP contribution in [0.1, 0.15) is 37.8 Å². The van der Waals surface area contributed by atoms with Crippen LogP contribution in [-0.2, 0) is 36.6 Å². The summed E-state index contributed by atoms with van der Waals surface area (Å²) < 4.78 is 40.0. The zero-order valence-corrected chi connectivity index (χ0v) is 32.1. The number of ether oxygens (including phenoxy) is 6. The Hall–Kier alpha value is -6.49. The van der Waals surface area contributed by atoms with E-state index < -0.39 is 94.6 Å². The van der Waals surface area contributed by atoms with E-state index in [4.69, 9.17) is 32.8 Å². The van der Waals surface area contributed by atoms with Crippen molar-refractivity contribution in [1.82, 2.24) is 0 Å². The van der Waals surface area contributed by atoms with Crippen LogP contribution in [0.2, 0.25) is 0 Å². The largest absolute Gasteiger partial charge is 0.508 e. The number of phenolic OH excluding ortho intramolecular Hbond substituents is 4. The van der Waals surface area contributed by atoms with Crippen LogP contribution in [0.5, 0.6) is 40.2 Å². The number of carbonyl (C=O) groups is 2. The SMILES string of the molecule is CCOc1ccc(CCC(=O)OC[C@H]2O[C@@H](Oc3c(-c4ccc(O)c(O)c4)oc4cc(O)cc(O)c4c3=O)[C@H](OC(=O)CCc3ccc(OCC)cc3)[C@@H](O)[C@H]2O)cc1. The number of aryl methyl sites for hydroxylation is 2. The molecule has 1 fully saturated rings. The summed E-state index contributed by atoms with van der Waals surface area (Å²) in [6.07, 6.45) is -8.60. The van der Waals surface area contributed by atoms with Gasteiger partial charge in [-0.15, -0.1) is 0 Å². The molecule has 1 saturated heterocycles. The Morgan fingerprint density at radius 2 is 1.32 bits per heavy atom. The first-order valence-corrected chi connectivity index (χ1v) is 18.9. The Morgan fingerprint density at radius 1 is 0.712 bits per heavy atom. The van der Waals surface area contributed by atoms with Crippen molar-refractivity contribution in [3.8, 4) is 51.6 Å². The van der Waals surface area contributed by atoms with Gasteiger partial charge in [0.25, 0.3) is 0 Å². The molecule has 16 heteroatoms. The normalized spacial score (nSPS) is 18.9. The molecule has 0 radical (unpaired) electrons. The molecule has 2 heterocycles. The monoisotopic (exact) mass is 816 g/mol. The van der Waals surface area contributed by atoms with Gasteiger partial charge in [0.05, 0.1) is 13.2 Å². The molecule has 0 aliphatic carbocycles. The zero-order valence-electron chi connectivity index (χ0n) is 32.1. The lowest BCUT2D eigenvalue weighted by Gasteiger charge is -2.41. The van der Waals surface area contributed by atoms with Gasteiger partial charge in [-0.3, -0.25) is 14.4 Å². The van der Waals surface area contributed by atoms with E-state index >= 15 is 0 Å². The van der Waals surface area contributed by atoms with Crippen molar-refractivity contribution in [1.29, 1.82) is 0 Å². The fourth-order valence-electron chi connectivity index (χ4n) is 6.40. The summed E-state index contributed by atoms with van der Waals surface area (Å²) in [6, 6.07) is 19.6. The predicted molar refractivity (Wildman–Crippen MR) is 209 cm³/mol. The molecule has 0 spiro atoms. The van der Waals surface area contributed by atoms with Crippen LogP contribution < -0.4 is 19.6 Å². The van der Waals surface area contributed by atoms with Gasteiger partial charge in [0.2, 0.25) is 17.5 Å². The van der Waals surface area contributed by atoms with Gasteiger partial charge in [-0.1, -0.05) is 24.3 Å². The second-order valence-electron chi connectivity index (χ2n) is 13.6.